The second-order valence-electron chi connectivity index (χ2n) is 6.92. The van der Waals surface area contributed by atoms with Crippen LogP contribution in [0.25, 0.3) is 21.8 Å². The normalized spacial score (nSPS) is 13.7. The zero-order valence-electron chi connectivity index (χ0n) is 17.2. The summed E-state index contributed by atoms with van der Waals surface area (Å²) in [5.74, 6) is -1.94. The number of aromatic nitrogens is 3. The Labute approximate surface area is 196 Å². The Kier molecular flexibility index (Phi) is 6.82. The summed E-state index contributed by atoms with van der Waals surface area (Å²) in [7, 11) is 0. The topological polar surface area (TPSA) is 91.7 Å². The smallest absolute Gasteiger partial charge is 0.412 e. The molecule has 1 aromatic carbocycles. The number of anilines is 2. The van der Waals surface area contributed by atoms with Gasteiger partial charge in [-0.2, -0.15) is 0 Å². The fourth-order valence-corrected chi connectivity index (χ4v) is 4.62. The predicted molar refractivity (Wildman–Crippen MR) is 122 cm³/mol. The third-order valence-corrected chi connectivity index (χ3v) is 6.22. The van der Waals surface area contributed by atoms with E-state index in [1.165, 1.54) is 23.6 Å². The lowest BCUT2D eigenvalue weighted by molar-refractivity contribution is 0.122. The number of ether oxygens (including phenoxy) is 1. The van der Waals surface area contributed by atoms with Crippen LogP contribution in [-0.4, -0.2) is 59.0 Å². The molecule has 1 aliphatic rings. The van der Waals surface area contributed by atoms with Crippen molar-refractivity contribution in [2.75, 3.05) is 42.6 Å². The van der Waals surface area contributed by atoms with Gasteiger partial charge < -0.3 is 14.7 Å². The highest BCUT2D eigenvalue weighted by molar-refractivity contribution is 7.19. The summed E-state index contributed by atoms with van der Waals surface area (Å²) in [4.78, 5) is 27.3. The van der Waals surface area contributed by atoms with Gasteiger partial charge >= 0.3 is 6.09 Å². The molecule has 3 heterocycles. The molecule has 1 saturated heterocycles. The first kappa shape index (κ1) is 23.0. The summed E-state index contributed by atoms with van der Waals surface area (Å²) < 4.78 is 36.1. The van der Waals surface area contributed by atoms with Crippen molar-refractivity contribution in [3.8, 4) is 21.8 Å². The third-order valence-electron chi connectivity index (χ3n) is 4.90. The molecule has 8 nitrogen and oxygen atoms in total. The first-order valence-electron chi connectivity index (χ1n) is 9.83. The molecule has 1 fully saturated rings. The second kappa shape index (κ2) is 9.77. The lowest BCUT2D eigenvalue weighted by Gasteiger charge is -2.26. The average Bonchev–Trinajstić information content (AvgIpc) is 3.24. The van der Waals surface area contributed by atoms with Crippen molar-refractivity contribution in [2.45, 2.75) is 0 Å². The summed E-state index contributed by atoms with van der Waals surface area (Å²) >= 11 is 7.15. The van der Waals surface area contributed by atoms with E-state index in [1.807, 2.05) is 4.90 Å². The molecule has 3 aromatic rings. The Morgan fingerprint density at radius 3 is 2.73 bits per heavy atom. The van der Waals surface area contributed by atoms with Gasteiger partial charge in [0.2, 0.25) is 5.28 Å². The van der Waals surface area contributed by atoms with E-state index in [0.29, 0.717) is 42.0 Å². The number of carbonyl (C=O) groups is 1. The lowest BCUT2D eigenvalue weighted by atomic mass is 10.1. The number of amides is 1. The SMILES string of the molecule is C=CCN(C(=O)O)c1ccc(F)c(-c2nc(N3CCOCC3)sc2-c2ccnc(Cl)n2)c1F. The molecule has 0 atom stereocenters. The van der Waals surface area contributed by atoms with E-state index in [4.69, 9.17) is 16.3 Å². The van der Waals surface area contributed by atoms with Gasteiger partial charge in [-0.3, -0.25) is 4.90 Å². The predicted octanol–water partition coefficient (Wildman–Crippen LogP) is 4.71. The molecule has 1 aliphatic heterocycles. The Balaban J connectivity index is 1.92. The first-order chi connectivity index (χ1) is 15.9. The maximum atomic E-state index is 15.7. The Morgan fingerprint density at radius 1 is 1.30 bits per heavy atom. The highest BCUT2D eigenvalue weighted by Gasteiger charge is 2.28. The van der Waals surface area contributed by atoms with Crippen LogP contribution in [0.4, 0.5) is 24.4 Å². The molecule has 0 aliphatic carbocycles. The molecule has 4 rings (SSSR count). The molecule has 12 heteroatoms. The van der Waals surface area contributed by atoms with Gasteiger partial charge in [-0.25, -0.2) is 28.5 Å². The van der Waals surface area contributed by atoms with Crippen molar-refractivity contribution in [1.29, 1.82) is 0 Å². The van der Waals surface area contributed by atoms with Crippen LogP contribution in [-0.2, 0) is 4.74 Å². The monoisotopic (exact) mass is 493 g/mol. The lowest BCUT2D eigenvalue weighted by Crippen LogP contribution is -2.36. The first-order valence-corrected chi connectivity index (χ1v) is 11.0. The van der Waals surface area contributed by atoms with E-state index in [0.717, 1.165) is 17.0 Å². The minimum absolute atomic E-state index is 0.00273. The highest BCUT2D eigenvalue weighted by Crippen LogP contribution is 2.43. The minimum Gasteiger partial charge on any atom is -0.465 e. The van der Waals surface area contributed by atoms with Crippen molar-refractivity contribution in [3.05, 3.63) is 54.0 Å². The number of nitrogens with zero attached hydrogens (tertiary/aromatic N) is 5. The summed E-state index contributed by atoms with van der Waals surface area (Å²) in [6.07, 6.45) is 1.34. The zero-order valence-corrected chi connectivity index (χ0v) is 18.7. The molecular weight excluding hydrogens is 476 g/mol. The van der Waals surface area contributed by atoms with Crippen molar-refractivity contribution >= 4 is 39.8 Å². The van der Waals surface area contributed by atoms with Crippen LogP contribution < -0.4 is 9.80 Å². The summed E-state index contributed by atoms with van der Waals surface area (Å²) in [6, 6.07) is 3.65. The highest BCUT2D eigenvalue weighted by atomic mass is 35.5. The number of hydrogen-bond donors (Lipinski definition) is 1. The average molecular weight is 494 g/mol. The number of rotatable bonds is 6. The number of benzene rings is 1. The quantitative estimate of drug-likeness (QED) is 0.393. The van der Waals surface area contributed by atoms with Crippen molar-refractivity contribution in [2.24, 2.45) is 0 Å². The molecule has 2 aromatic heterocycles. The van der Waals surface area contributed by atoms with E-state index < -0.39 is 23.3 Å². The molecule has 0 unspecified atom stereocenters. The number of morpholine rings is 1. The standard InChI is InChI=1S/C21H18ClF2N5O3S/c1-2-7-29(21(30)31)14-4-3-12(23)15(16(14)24)17-18(13-5-6-25-19(22)26-13)33-20(27-17)28-8-10-32-11-9-28/h2-6H,1,7-11H2,(H,30,31). The molecule has 1 N–H and O–H groups in total. The Hall–Kier alpha value is -3.15. The van der Waals surface area contributed by atoms with Crippen molar-refractivity contribution in [3.63, 3.8) is 0 Å². The maximum Gasteiger partial charge on any atom is 0.412 e. The van der Waals surface area contributed by atoms with Gasteiger partial charge in [0, 0.05) is 25.8 Å². The third kappa shape index (κ3) is 4.65. The largest absolute Gasteiger partial charge is 0.465 e. The maximum absolute atomic E-state index is 15.7. The van der Waals surface area contributed by atoms with Gasteiger partial charge in [-0.05, 0) is 29.8 Å². The molecule has 0 saturated carbocycles. The van der Waals surface area contributed by atoms with Crippen molar-refractivity contribution < 1.29 is 23.4 Å². The zero-order chi connectivity index (χ0) is 23.5. The fourth-order valence-electron chi connectivity index (χ4n) is 3.38. The number of halogens is 3. The molecule has 0 radical (unpaired) electrons. The van der Waals surface area contributed by atoms with Crippen LogP contribution in [0, 0.1) is 11.6 Å². The van der Waals surface area contributed by atoms with E-state index in [1.54, 1.807) is 6.07 Å². The summed E-state index contributed by atoms with van der Waals surface area (Å²) in [5.41, 5.74) is -0.431. The summed E-state index contributed by atoms with van der Waals surface area (Å²) in [5, 5.41) is 10.0. The summed E-state index contributed by atoms with van der Waals surface area (Å²) in [6.45, 7) is 5.44. The molecule has 0 spiro atoms. The van der Waals surface area contributed by atoms with Crippen LogP contribution in [0.15, 0.2) is 37.1 Å². The van der Waals surface area contributed by atoms with Crippen LogP contribution in [0.5, 0.6) is 0 Å². The number of carboxylic acid groups (broad SMARTS) is 1. The van der Waals surface area contributed by atoms with Crippen molar-refractivity contribution in [1.82, 2.24) is 15.0 Å². The van der Waals surface area contributed by atoms with Gasteiger partial charge in [-0.1, -0.05) is 17.4 Å². The minimum atomic E-state index is -1.40. The van der Waals surface area contributed by atoms with Gasteiger partial charge in [0.15, 0.2) is 10.9 Å². The number of hydrogen-bond acceptors (Lipinski definition) is 7. The van der Waals surface area contributed by atoms with Gasteiger partial charge in [0.05, 0.1) is 40.7 Å². The second-order valence-corrected chi connectivity index (χ2v) is 8.24. The Morgan fingerprint density at radius 2 is 2.06 bits per heavy atom. The molecule has 1 amide bonds. The molecule has 0 bridgehead atoms. The van der Waals surface area contributed by atoms with E-state index in [-0.39, 0.29) is 23.2 Å². The van der Waals surface area contributed by atoms with E-state index >= 15 is 8.78 Å². The van der Waals surface area contributed by atoms with Crippen LogP contribution in [0.3, 0.4) is 0 Å². The van der Waals surface area contributed by atoms with Crippen LogP contribution in [0.1, 0.15) is 0 Å². The van der Waals surface area contributed by atoms with E-state index in [2.05, 4.69) is 21.5 Å². The molecule has 172 valence electrons. The van der Waals surface area contributed by atoms with Gasteiger partial charge in [0.1, 0.15) is 5.82 Å². The fraction of sp³-hybridized carbons (Fsp3) is 0.238. The van der Waals surface area contributed by atoms with Gasteiger partial charge in [0.25, 0.3) is 0 Å². The van der Waals surface area contributed by atoms with E-state index in [9.17, 15) is 9.90 Å². The molecular formula is C21H18ClF2N5O3S. The number of thiazole rings is 1. The van der Waals surface area contributed by atoms with Gasteiger partial charge in [-0.15, -0.1) is 6.58 Å². The van der Waals surface area contributed by atoms with Crippen LogP contribution >= 0.6 is 22.9 Å². The van der Waals surface area contributed by atoms with Crippen LogP contribution in [0.2, 0.25) is 5.28 Å². The molecule has 33 heavy (non-hydrogen) atoms. The Bertz CT molecular complexity index is 1200.